The Morgan fingerprint density at radius 3 is 2.38 bits per heavy atom. The zero-order chi connectivity index (χ0) is 18.9. The third-order valence-corrected chi connectivity index (χ3v) is 4.74. The van der Waals surface area contributed by atoms with E-state index in [0.29, 0.717) is 17.7 Å². The lowest BCUT2D eigenvalue weighted by molar-refractivity contribution is -0.137. The fourth-order valence-corrected chi connectivity index (χ4v) is 3.26. The first-order valence-corrected chi connectivity index (χ1v) is 8.54. The molecule has 0 bridgehead atoms. The molecule has 1 unspecified atom stereocenters. The number of amides is 1. The maximum atomic E-state index is 12.9. The van der Waals surface area contributed by atoms with Crippen LogP contribution in [0.3, 0.4) is 0 Å². The van der Waals surface area contributed by atoms with Gasteiger partial charge in [-0.1, -0.05) is 12.1 Å². The number of benzene rings is 2. The summed E-state index contributed by atoms with van der Waals surface area (Å²) in [6.07, 6.45) is -2.37. The Morgan fingerprint density at radius 1 is 1.08 bits per heavy atom. The molecule has 1 aliphatic rings. The zero-order valence-electron chi connectivity index (χ0n) is 14.7. The van der Waals surface area contributed by atoms with Gasteiger partial charge in [0.1, 0.15) is 0 Å². The number of carbonyl (C=O) groups excluding carboxylic acids is 1. The van der Waals surface area contributed by atoms with Crippen LogP contribution in [0.2, 0.25) is 0 Å². The predicted octanol–water partition coefficient (Wildman–Crippen LogP) is 4.83. The van der Waals surface area contributed by atoms with Gasteiger partial charge in [-0.3, -0.25) is 4.79 Å². The van der Waals surface area contributed by atoms with E-state index in [-0.39, 0.29) is 5.91 Å². The van der Waals surface area contributed by atoms with Crippen LogP contribution in [0, 0.1) is 0 Å². The summed E-state index contributed by atoms with van der Waals surface area (Å²) in [5, 5.41) is 2.68. The number of alkyl halides is 3. The topological polar surface area (TPSA) is 32.3 Å². The fourth-order valence-electron chi connectivity index (χ4n) is 3.26. The number of halogens is 3. The van der Waals surface area contributed by atoms with Crippen molar-refractivity contribution in [2.24, 2.45) is 0 Å². The van der Waals surface area contributed by atoms with Crippen molar-refractivity contribution >= 4 is 17.3 Å². The Bertz CT molecular complexity index is 798. The van der Waals surface area contributed by atoms with Gasteiger partial charge in [-0.05, 0) is 60.7 Å². The average molecular weight is 362 g/mol. The lowest BCUT2D eigenvalue weighted by Gasteiger charge is -2.13. The monoisotopic (exact) mass is 362 g/mol. The normalized spacial score (nSPS) is 16.3. The summed E-state index contributed by atoms with van der Waals surface area (Å²) >= 11 is 0. The van der Waals surface area contributed by atoms with E-state index < -0.39 is 17.7 Å². The Kier molecular flexibility index (Phi) is 4.94. The number of nitrogens with zero attached hydrogens (tertiary/aromatic N) is 1. The van der Waals surface area contributed by atoms with E-state index in [2.05, 4.69) is 5.32 Å². The van der Waals surface area contributed by atoms with Crippen LogP contribution in [0.25, 0.3) is 0 Å². The second-order valence-electron chi connectivity index (χ2n) is 6.79. The van der Waals surface area contributed by atoms with Gasteiger partial charge in [0, 0.05) is 25.5 Å². The molecule has 2 aromatic carbocycles. The Balaban J connectivity index is 1.66. The summed E-state index contributed by atoms with van der Waals surface area (Å²) in [4.78, 5) is 14.2. The summed E-state index contributed by atoms with van der Waals surface area (Å²) < 4.78 is 38.8. The maximum Gasteiger partial charge on any atom is 0.416 e. The molecule has 2 aromatic rings. The molecule has 3 rings (SSSR count). The molecule has 0 spiro atoms. The van der Waals surface area contributed by atoms with Crippen LogP contribution in [0.1, 0.15) is 35.4 Å². The number of anilines is 2. The Morgan fingerprint density at radius 2 is 1.77 bits per heavy atom. The van der Waals surface area contributed by atoms with Crippen LogP contribution >= 0.6 is 0 Å². The van der Waals surface area contributed by atoms with Crippen molar-refractivity contribution in [3.8, 4) is 0 Å². The molecule has 1 atom stereocenters. The van der Waals surface area contributed by atoms with E-state index in [4.69, 9.17) is 0 Å². The largest absolute Gasteiger partial charge is 0.416 e. The van der Waals surface area contributed by atoms with Gasteiger partial charge in [-0.15, -0.1) is 0 Å². The molecular formula is C20H21F3N2O. The molecule has 0 fully saturated rings. The molecule has 1 N–H and O–H groups in total. The van der Waals surface area contributed by atoms with Crippen LogP contribution in [-0.4, -0.2) is 20.0 Å². The minimum atomic E-state index is -4.40. The van der Waals surface area contributed by atoms with Crippen molar-refractivity contribution in [2.75, 3.05) is 24.3 Å². The van der Waals surface area contributed by atoms with Crippen LogP contribution in [0.4, 0.5) is 24.5 Å². The van der Waals surface area contributed by atoms with Gasteiger partial charge in [0.2, 0.25) is 5.91 Å². The van der Waals surface area contributed by atoms with Crippen molar-refractivity contribution in [1.29, 1.82) is 0 Å². The molecular weight excluding hydrogens is 341 g/mol. The highest BCUT2D eigenvalue weighted by atomic mass is 19.4. The number of rotatable bonds is 5. The standard InChI is InChI=1S/C20H21F3N2O/c1-25(2)15-9-6-13(7-10-15)4-3-5-16-17-12-14(20(21,22)23)8-11-18(17)24-19(16)26/h6-12,16H,3-5H2,1-2H3,(H,24,26). The van der Waals surface area contributed by atoms with Crippen LogP contribution in [-0.2, 0) is 17.4 Å². The summed E-state index contributed by atoms with van der Waals surface area (Å²) in [6.45, 7) is 0. The first-order chi connectivity index (χ1) is 12.3. The van der Waals surface area contributed by atoms with E-state index in [0.717, 1.165) is 36.2 Å². The number of nitrogens with one attached hydrogen (secondary N) is 1. The molecule has 0 aliphatic carbocycles. The summed E-state index contributed by atoms with van der Waals surface area (Å²) in [5.41, 5.74) is 2.49. The van der Waals surface area contributed by atoms with Gasteiger partial charge in [-0.2, -0.15) is 13.2 Å². The molecule has 0 aromatic heterocycles. The number of hydrogen-bond acceptors (Lipinski definition) is 2. The summed E-state index contributed by atoms with van der Waals surface area (Å²) in [5.74, 6) is -0.740. The summed E-state index contributed by atoms with van der Waals surface area (Å²) in [7, 11) is 3.95. The zero-order valence-corrected chi connectivity index (χ0v) is 14.7. The number of aryl methyl sites for hydroxylation is 1. The highest BCUT2D eigenvalue weighted by molar-refractivity contribution is 6.02. The minimum Gasteiger partial charge on any atom is -0.378 e. The first kappa shape index (κ1) is 18.3. The van der Waals surface area contributed by atoms with E-state index in [1.165, 1.54) is 6.07 Å². The van der Waals surface area contributed by atoms with Crippen molar-refractivity contribution in [1.82, 2.24) is 0 Å². The second-order valence-corrected chi connectivity index (χ2v) is 6.79. The summed E-state index contributed by atoms with van der Waals surface area (Å²) in [6, 6.07) is 11.6. The lowest BCUT2D eigenvalue weighted by atomic mass is 9.92. The third kappa shape index (κ3) is 3.84. The molecule has 3 nitrogen and oxygen atoms in total. The fraction of sp³-hybridized carbons (Fsp3) is 0.350. The van der Waals surface area contributed by atoms with Crippen molar-refractivity contribution in [2.45, 2.75) is 31.4 Å². The first-order valence-electron chi connectivity index (χ1n) is 8.54. The highest BCUT2D eigenvalue weighted by Crippen LogP contribution is 2.39. The number of hydrogen-bond donors (Lipinski definition) is 1. The van der Waals surface area contributed by atoms with Crippen LogP contribution in [0.5, 0.6) is 0 Å². The van der Waals surface area contributed by atoms with E-state index in [1.807, 2.05) is 43.3 Å². The van der Waals surface area contributed by atoms with Gasteiger partial charge < -0.3 is 10.2 Å². The minimum absolute atomic E-state index is 0.220. The van der Waals surface area contributed by atoms with E-state index in [9.17, 15) is 18.0 Å². The molecule has 1 amide bonds. The van der Waals surface area contributed by atoms with Crippen molar-refractivity contribution in [3.63, 3.8) is 0 Å². The van der Waals surface area contributed by atoms with E-state index >= 15 is 0 Å². The SMILES string of the molecule is CN(C)c1ccc(CCCC2C(=O)Nc3ccc(C(F)(F)F)cc32)cc1. The Labute approximate surface area is 150 Å². The van der Waals surface area contributed by atoms with Gasteiger partial charge in [0.05, 0.1) is 11.5 Å². The second kappa shape index (κ2) is 7.02. The van der Waals surface area contributed by atoms with Crippen LogP contribution in [0.15, 0.2) is 42.5 Å². The molecule has 0 radical (unpaired) electrons. The van der Waals surface area contributed by atoms with Gasteiger partial charge in [0.25, 0.3) is 0 Å². The molecule has 26 heavy (non-hydrogen) atoms. The van der Waals surface area contributed by atoms with Gasteiger partial charge in [-0.25, -0.2) is 0 Å². The average Bonchev–Trinajstić information content (AvgIpc) is 2.89. The quantitative estimate of drug-likeness (QED) is 0.826. The third-order valence-electron chi connectivity index (χ3n) is 4.74. The smallest absolute Gasteiger partial charge is 0.378 e. The van der Waals surface area contributed by atoms with Crippen molar-refractivity contribution in [3.05, 3.63) is 59.2 Å². The van der Waals surface area contributed by atoms with Gasteiger partial charge in [0.15, 0.2) is 0 Å². The highest BCUT2D eigenvalue weighted by Gasteiger charge is 2.35. The van der Waals surface area contributed by atoms with E-state index in [1.54, 1.807) is 0 Å². The Hall–Kier alpha value is -2.50. The molecule has 1 heterocycles. The predicted molar refractivity (Wildman–Crippen MR) is 96.5 cm³/mol. The molecule has 6 heteroatoms. The van der Waals surface area contributed by atoms with Crippen molar-refractivity contribution < 1.29 is 18.0 Å². The molecule has 1 aliphatic heterocycles. The molecule has 0 saturated carbocycles. The molecule has 0 saturated heterocycles. The number of fused-ring (bicyclic) bond motifs is 1. The van der Waals surface area contributed by atoms with Crippen LogP contribution < -0.4 is 10.2 Å². The number of carbonyl (C=O) groups is 1. The molecule has 138 valence electrons. The van der Waals surface area contributed by atoms with Gasteiger partial charge >= 0.3 is 6.18 Å². The maximum absolute atomic E-state index is 12.9. The lowest BCUT2D eigenvalue weighted by Crippen LogP contribution is -2.12.